The Hall–Kier alpha value is -3.18. The number of nitrogens with zero attached hydrogens (tertiary/aromatic N) is 3. The number of pyridine rings is 1. The number of rotatable bonds is 7. The van der Waals surface area contributed by atoms with Gasteiger partial charge in [0, 0.05) is 36.7 Å². The minimum Gasteiger partial charge on any atom is -0.399 e. The molecular formula is C27H28F4N4O2S. The van der Waals surface area contributed by atoms with E-state index in [0.717, 1.165) is 24.0 Å². The number of nitrogen functional groups attached to an aromatic ring is 1. The van der Waals surface area contributed by atoms with Crippen molar-refractivity contribution < 1.29 is 26.0 Å². The summed E-state index contributed by atoms with van der Waals surface area (Å²) in [5, 5.41) is 0. The van der Waals surface area contributed by atoms with Gasteiger partial charge in [0.25, 0.3) is 0 Å². The molecule has 1 aliphatic heterocycles. The van der Waals surface area contributed by atoms with Crippen LogP contribution in [0.4, 0.5) is 28.9 Å². The van der Waals surface area contributed by atoms with Crippen LogP contribution in [0.5, 0.6) is 0 Å². The maximum atomic E-state index is 13.8. The van der Waals surface area contributed by atoms with E-state index in [1.54, 1.807) is 30.5 Å². The van der Waals surface area contributed by atoms with Gasteiger partial charge in [0.1, 0.15) is 5.82 Å². The number of benzene rings is 2. The molecule has 1 saturated carbocycles. The summed E-state index contributed by atoms with van der Waals surface area (Å²) in [5.41, 5.74) is 4.64. The first kappa shape index (κ1) is 26.4. The van der Waals surface area contributed by atoms with E-state index in [9.17, 15) is 26.0 Å². The van der Waals surface area contributed by atoms with Gasteiger partial charge in [-0.3, -0.25) is 4.98 Å². The molecule has 2 heterocycles. The van der Waals surface area contributed by atoms with Gasteiger partial charge in [-0.2, -0.15) is 17.5 Å². The van der Waals surface area contributed by atoms with Gasteiger partial charge in [-0.15, -0.1) is 0 Å². The van der Waals surface area contributed by atoms with Crippen molar-refractivity contribution in [3.63, 3.8) is 0 Å². The Bertz CT molecular complexity index is 1410. The first-order valence-electron chi connectivity index (χ1n) is 12.4. The number of nitrogens with two attached hydrogens (primary N) is 1. The van der Waals surface area contributed by atoms with Gasteiger partial charge in [-0.05, 0) is 78.6 Å². The predicted octanol–water partition coefficient (Wildman–Crippen LogP) is 5.35. The molecule has 3 aromatic rings. The number of alkyl halides is 3. The summed E-state index contributed by atoms with van der Waals surface area (Å²) in [6.45, 7) is -0.484. The zero-order valence-corrected chi connectivity index (χ0v) is 21.4. The zero-order valence-electron chi connectivity index (χ0n) is 20.5. The standard InChI is InChI=1S/C27H28F4N4O2S/c28-20-9-4-18(5-10-20)6-11-23-16-34(38(36,37)27(29,30)31)17-25-24(19-7-8-19)2-1-3-26(25)35(23)15-22-14-21(32)12-13-33-22/h1-5,9-10,12-14,19,23H,6-8,11,15-17H2,(H2,32,33)/t23-/m0/s1. The molecule has 6 nitrogen and oxygen atoms in total. The number of sulfonamides is 1. The minimum atomic E-state index is -5.59. The molecule has 1 aliphatic carbocycles. The van der Waals surface area contributed by atoms with Gasteiger partial charge in [0.2, 0.25) is 0 Å². The molecule has 38 heavy (non-hydrogen) atoms. The topological polar surface area (TPSA) is 79.5 Å². The van der Waals surface area contributed by atoms with Crippen molar-refractivity contribution >= 4 is 21.4 Å². The fourth-order valence-electron chi connectivity index (χ4n) is 5.11. The second kappa shape index (κ2) is 10.2. The second-order valence-electron chi connectivity index (χ2n) is 9.89. The van der Waals surface area contributed by atoms with Crippen LogP contribution < -0.4 is 10.6 Å². The highest BCUT2D eigenvalue weighted by Gasteiger charge is 2.51. The van der Waals surface area contributed by atoms with Gasteiger partial charge < -0.3 is 10.6 Å². The van der Waals surface area contributed by atoms with Crippen LogP contribution in [0.3, 0.4) is 0 Å². The van der Waals surface area contributed by atoms with Gasteiger partial charge in [-0.1, -0.05) is 24.3 Å². The van der Waals surface area contributed by atoms with Crippen molar-refractivity contribution in [3.05, 3.63) is 89.0 Å². The lowest BCUT2D eigenvalue weighted by Crippen LogP contribution is -2.47. The van der Waals surface area contributed by atoms with Gasteiger partial charge >= 0.3 is 15.5 Å². The number of fused-ring (bicyclic) bond motifs is 1. The average Bonchev–Trinajstić information content (AvgIpc) is 3.71. The molecule has 11 heteroatoms. The largest absolute Gasteiger partial charge is 0.511 e. The van der Waals surface area contributed by atoms with Crippen LogP contribution in [0.2, 0.25) is 0 Å². The Balaban J connectivity index is 1.60. The van der Waals surface area contributed by atoms with Crippen molar-refractivity contribution in [2.24, 2.45) is 0 Å². The van der Waals surface area contributed by atoms with Crippen LogP contribution in [-0.4, -0.2) is 35.8 Å². The Kier molecular flexibility index (Phi) is 7.08. The van der Waals surface area contributed by atoms with Crippen molar-refractivity contribution in [2.75, 3.05) is 17.2 Å². The first-order chi connectivity index (χ1) is 18.0. The average molecular weight is 549 g/mol. The summed E-state index contributed by atoms with van der Waals surface area (Å²) in [4.78, 5) is 6.36. The summed E-state index contributed by atoms with van der Waals surface area (Å²) in [6, 6.07) is 14.2. The smallest absolute Gasteiger partial charge is 0.399 e. The summed E-state index contributed by atoms with van der Waals surface area (Å²) in [6.07, 6.45) is 4.15. The predicted molar refractivity (Wildman–Crippen MR) is 137 cm³/mol. The lowest BCUT2D eigenvalue weighted by molar-refractivity contribution is -0.0492. The summed E-state index contributed by atoms with van der Waals surface area (Å²) < 4.78 is 80.9. The third-order valence-corrected chi connectivity index (χ3v) is 8.73. The van der Waals surface area contributed by atoms with Crippen LogP contribution in [0.15, 0.2) is 60.8 Å². The maximum absolute atomic E-state index is 13.8. The lowest BCUT2D eigenvalue weighted by atomic mass is 9.99. The van der Waals surface area contributed by atoms with Crippen LogP contribution in [0, 0.1) is 5.82 Å². The normalized spacial score (nSPS) is 18.7. The van der Waals surface area contributed by atoms with E-state index < -0.39 is 21.6 Å². The molecule has 1 atom stereocenters. The Morgan fingerprint density at radius 1 is 1.05 bits per heavy atom. The molecule has 0 spiro atoms. The summed E-state index contributed by atoms with van der Waals surface area (Å²) >= 11 is 0. The van der Waals surface area contributed by atoms with Crippen LogP contribution in [0.1, 0.15) is 47.6 Å². The summed E-state index contributed by atoms with van der Waals surface area (Å²) in [7, 11) is -5.59. The van der Waals surface area contributed by atoms with E-state index in [-0.39, 0.29) is 31.4 Å². The molecule has 5 rings (SSSR count). The highest BCUT2D eigenvalue weighted by molar-refractivity contribution is 7.89. The van der Waals surface area contributed by atoms with Crippen LogP contribution >= 0.6 is 0 Å². The minimum absolute atomic E-state index is 0.198. The lowest BCUT2D eigenvalue weighted by Gasteiger charge is -2.34. The van der Waals surface area contributed by atoms with Crippen molar-refractivity contribution in [2.45, 2.75) is 56.2 Å². The number of hydrogen-bond donors (Lipinski definition) is 1. The third-order valence-electron chi connectivity index (χ3n) is 7.19. The van der Waals surface area contributed by atoms with E-state index in [0.29, 0.717) is 39.8 Å². The number of aryl methyl sites for hydroxylation is 1. The zero-order chi connectivity index (χ0) is 27.1. The Labute approximate surface area is 219 Å². The van der Waals surface area contributed by atoms with Gasteiger partial charge in [0.15, 0.2) is 0 Å². The SMILES string of the molecule is Nc1ccnc(CN2c3cccc(C4CC4)c3CN(S(=O)(=O)C(F)(F)F)C[C@@H]2CCc2ccc(F)cc2)c1. The molecule has 0 bridgehead atoms. The molecular weight excluding hydrogens is 520 g/mol. The van der Waals surface area contributed by atoms with E-state index in [1.165, 1.54) is 12.1 Å². The highest BCUT2D eigenvalue weighted by atomic mass is 32.2. The number of halogens is 4. The Morgan fingerprint density at radius 2 is 1.79 bits per heavy atom. The van der Waals surface area contributed by atoms with E-state index in [2.05, 4.69) is 4.98 Å². The molecule has 0 unspecified atom stereocenters. The number of aromatic nitrogens is 1. The van der Waals surface area contributed by atoms with Crippen molar-refractivity contribution in [1.82, 2.24) is 9.29 Å². The van der Waals surface area contributed by atoms with Crippen LogP contribution in [-0.2, 0) is 29.5 Å². The molecule has 202 valence electrons. The molecule has 2 aliphatic rings. The molecule has 2 N–H and O–H groups in total. The second-order valence-corrected chi connectivity index (χ2v) is 11.8. The van der Waals surface area contributed by atoms with E-state index >= 15 is 0 Å². The molecule has 1 fully saturated rings. The van der Waals surface area contributed by atoms with Crippen molar-refractivity contribution in [3.8, 4) is 0 Å². The van der Waals surface area contributed by atoms with Gasteiger partial charge in [0.05, 0.1) is 12.2 Å². The van der Waals surface area contributed by atoms with Gasteiger partial charge in [-0.25, -0.2) is 12.8 Å². The van der Waals surface area contributed by atoms with E-state index in [4.69, 9.17) is 5.73 Å². The molecule has 0 radical (unpaired) electrons. The Morgan fingerprint density at radius 3 is 2.45 bits per heavy atom. The monoisotopic (exact) mass is 548 g/mol. The molecule has 0 amide bonds. The summed E-state index contributed by atoms with van der Waals surface area (Å²) in [5.74, 6) is -0.190. The quantitative estimate of drug-likeness (QED) is 0.403. The number of hydrogen-bond acceptors (Lipinski definition) is 5. The van der Waals surface area contributed by atoms with Crippen LogP contribution in [0.25, 0.3) is 0 Å². The van der Waals surface area contributed by atoms with Crippen molar-refractivity contribution in [1.29, 1.82) is 0 Å². The number of anilines is 2. The first-order valence-corrected chi connectivity index (χ1v) is 13.9. The fourth-order valence-corrected chi connectivity index (χ4v) is 6.07. The maximum Gasteiger partial charge on any atom is 0.511 e. The van der Waals surface area contributed by atoms with E-state index in [1.807, 2.05) is 23.1 Å². The highest BCUT2D eigenvalue weighted by Crippen LogP contribution is 2.46. The third kappa shape index (κ3) is 5.49. The molecule has 0 saturated heterocycles. The fraction of sp³-hybridized carbons (Fsp3) is 0.370. The molecule has 1 aromatic heterocycles. The molecule has 2 aromatic carbocycles.